The van der Waals surface area contributed by atoms with Gasteiger partial charge in [-0.05, 0) is 50.7 Å². The highest BCUT2D eigenvalue weighted by molar-refractivity contribution is 5.49. The number of aldehydes is 2. The molecule has 2 unspecified atom stereocenters. The van der Waals surface area contributed by atoms with Crippen molar-refractivity contribution in [1.82, 2.24) is 0 Å². The van der Waals surface area contributed by atoms with Gasteiger partial charge in [0, 0.05) is 12.8 Å². The van der Waals surface area contributed by atoms with Crippen LogP contribution >= 0.6 is 0 Å². The van der Waals surface area contributed by atoms with Gasteiger partial charge in [0.15, 0.2) is 12.6 Å². The summed E-state index contributed by atoms with van der Waals surface area (Å²) in [4.78, 5) is 21.0. The SMILES string of the molecule is CCCCCCOC(C=CCCCC=O)OC(C=CCCCC=O)OCCCCCC. The van der Waals surface area contributed by atoms with Gasteiger partial charge in [-0.25, -0.2) is 0 Å². The quantitative estimate of drug-likeness (QED) is 0.0726. The number of hydrogen-bond acceptors (Lipinski definition) is 5. The first-order chi connectivity index (χ1) is 15.3. The van der Waals surface area contributed by atoms with Crippen LogP contribution in [0.2, 0.25) is 0 Å². The molecule has 0 aromatic rings. The van der Waals surface area contributed by atoms with Crippen LogP contribution in [0, 0.1) is 0 Å². The van der Waals surface area contributed by atoms with E-state index < -0.39 is 12.6 Å². The van der Waals surface area contributed by atoms with Crippen LogP contribution in [0.4, 0.5) is 0 Å². The van der Waals surface area contributed by atoms with E-state index in [2.05, 4.69) is 13.8 Å². The van der Waals surface area contributed by atoms with E-state index in [1.165, 1.54) is 25.7 Å². The van der Waals surface area contributed by atoms with E-state index in [-0.39, 0.29) is 0 Å². The summed E-state index contributed by atoms with van der Waals surface area (Å²) in [5.74, 6) is 0. The van der Waals surface area contributed by atoms with Crippen molar-refractivity contribution >= 4 is 12.6 Å². The van der Waals surface area contributed by atoms with E-state index in [9.17, 15) is 9.59 Å². The maximum atomic E-state index is 10.5. The molecule has 0 aromatic carbocycles. The highest BCUT2D eigenvalue weighted by Crippen LogP contribution is 2.11. The number of hydrogen-bond donors (Lipinski definition) is 0. The summed E-state index contributed by atoms with van der Waals surface area (Å²) in [6, 6.07) is 0. The Morgan fingerprint density at radius 2 is 1.03 bits per heavy atom. The summed E-state index contributed by atoms with van der Waals surface area (Å²) in [6.45, 7) is 5.68. The Balaban J connectivity index is 4.76. The van der Waals surface area contributed by atoms with Crippen LogP contribution in [0.15, 0.2) is 24.3 Å². The predicted molar refractivity (Wildman–Crippen MR) is 127 cm³/mol. The van der Waals surface area contributed by atoms with Crippen molar-refractivity contribution < 1.29 is 23.8 Å². The molecule has 0 saturated carbocycles. The van der Waals surface area contributed by atoms with Gasteiger partial charge < -0.3 is 23.8 Å². The fourth-order valence-electron chi connectivity index (χ4n) is 2.92. The second kappa shape index (κ2) is 25.0. The molecule has 0 radical (unpaired) electrons. The van der Waals surface area contributed by atoms with Crippen molar-refractivity contribution in [3.8, 4) is 0 Å². The molecule has 31 heavy (non-hydrogen) atoms. The van der Waals surface area contributed by atoms with E-state index in [0.717, 1.165) is 63.9 Å². The molecule has 0 spiro atoms. The molecule has 5 heteroatoms. The molecular weight excluding hydrogens is 392 g/mol. The van der Waals surface area contributed by atoms with Gasteiger partial charge in [-0.1, -0.05) is 64.5 Å². The third-order valence-corrected chi connectivity index (χ3v) is 4.80. The van der Waals surface area contributed by atoms with Crippen LogP contribution in [0.1, 0.15) is 104 Å². The lowest BCUT2D eigenvalue weighted by Gasteiger charge is -2.21. The van der Waals surface area contributed by atoms with E-state index >= 15 is 0 Å². The third-order valence-electron chi connectivity index (χ3n) is 4.80. The van der Waals surface area contributed by atoms with Crippen molar-refractivity contribution in [2.45, 2.75) is 116 Å². The highest BCUT2D eigenvalue weighted by Gasteiger charge is 2.13. The van der Waals surface area contributed by atoms with E-state index in [4.69, 9.17) is 14.2 Å². The minimum Gasteiger partial charge on any atom is -0.349 e. The maximum absolute atomic E-state index is 10.5. The monoisotopic (exact) mass is 438 g/mol. The second-order valence-corrected chi connectivity index (χ2v) is 7.79. The normalized spacial score (nSPS) is 13.7. The minimum absolute atomic E-state index is 0.474. The van der Waals surface area contributed by atoms with Crippen molar-refractivity contribution in [3.05, 3.63) is 24.3 Å². The molecule has 0 aliphatic carbocycles. The molecule has 5 nitrogen and oxygen atoms in total. The second-order valence-electron chi connectivity index (χ2n) is 7.79. The Bertz CT molecular complexity index is 407. The molecule has 0 aliphatic rings. The molecule has 0 aromatic heterocycles. The van der Waals surface area contributed by atoms with Gasteiger partial charge in [-0.2, -0.15) is 0 Å². The Labute approximate surface area is 190 Å². The summed E-state index contributed by atoms with van der Waals surface area (Å²) in [7, 11) is 0. The predicted octanol–water partition coefficient (Wildman–Crippen LogP) is 6.70. The van der Waals surface area contributed by atoms with E-state index in [1.807, 2.05) is 24.3 Å². The number of carbonyl (C=O) groups is 2. The van der Waals surface area contributed by atoms with Gasteiger partial charge >= 0.3 is 0 Å². The van der Waals surface area contributed by atoms with Crippen molar-refractivity contribution in [1.29, 1.82) is 0 Å². The molecule has 180 valence electrons. The molecule has 0 saturated heterocycles. The molecule has 0 fully saturated rings. The average molecular weight is 439 g/mol. The summed E-state index contributed by atoms with van der Waals surface area (Å²) in [5.41, 5.74) is 0. The summed E-state index contributed by atoms with van der Waals surface area (Å²) < 4.78 is 18.1. The van der Waals surface area contributed by atoms with Gasteiger partial charge in [0.2, 0.25) is 0 Å². The molecular formula is C26H46O5. The molecule has 0 amide bonds. The Morgan fingerprint density at radius 3 is 1.42 bits per heavy atom. The molecule has 2 atom stereocenters. The first-order valence-corrected chi connectivity index (χ1v) is 12.4. The van der Waals surface area contributed by atoms with Crippen LogP contribution in [-0.4, -0.2) is 38.4 Å². The van der Waals surface area contributed by atoms with Gasteiger partial charge in [0.25, 0.3) is 0 Å². The van der Waals surface area contributed by atoms with Crippen LogP contribution in [0.25, 0.3) is 0 Å². The first-order valence-electron chi connectivity index (χ1n) is 12.4. The zero-order valence-electron chi connectivity index (χ0n) is 20.0. The molecule has 0 bridgehead atoms. The zero-order chi connectivity index (χ0) is 22.8. The van der Waals surface area contributed by atoms with Gasteiger partial charge in [-0.3, -0.25) is 0 Å². The molecule has 0 aliphatic heterocycles. The lowest BCUT2D eigenvalue weighted by molar-refractivity contribution is -0.208. The van der Waals surface area contributed by atoms with Crippen molar-refractivity contribution in [2.24, 2.45) is 0 Å². The lowest BCUT2D eigenvalue weighted by Crippen LogP contribution is -2.25. The Morgan fingerprint density at radius 1 is 0.581 bits per heavy atom. The fourth-order valence-corrected chi connectivity index (χ4v) is 2.92. The van der Waals surface area contributed by atoms with Crippen LogP contribution in [0.5, 0.6) is 0 Å². The third kappa shape index (κ3) is 21.7. The standard InChI is InChI=1S/C26H46O5/c1-3-5-7-17-23-29-25(19-13-9-11-15-21-27)31-26(20-14-10-12-16-22-28)30-24-18-8-6-4-2/h13-14,19-22,25-26H,3-12,15-18,23-24H2,1-2H3. The van der Waals surface area contributed by atoms with Crippen LogP contribution in [0.3, 0.4) is 0 Å². The number of ether oxygens (including phenoxy) is 3. The van der Waals surface area contributed by atoms with Crippen LogP contribution < -0.4 is 0 Å². The van der Waals surface area contributed by atoms with Crippen LogP contribution in [-0.2, 0) is 23.8 Å². The minimum atomic E-state index is -0.474. The maximum Gasteiger partial charge on any atom is 0.180 e. The van der Waals surface area contributed by atoms with E-state index in [1.54, 1.807) is 0 Å². The summed E-state index contributed by atoms with van der Waals surface area (Å²) in [5, 5.41) is 0. The summed E-state index contributed by atoms with van der Waals surface area (Å²) >= 11 is 0. The van der Waals surface area contributed by atoms with Crippen molar-refractivity contribution in [2.75, 3.05) is 13.2 Å². The summed E-state index contributed by atoms with van der Waals surface area (Å²) in [6.07, 6.45) is 22.4. The largest absolute Gasteiger partial charge is 0.349 e. The van der Waals surface area contributed by atoms with Gasteiger partial charge in [0.1, 0.15) is 12.6 Å². The number of rotatable bonds is 24. The lowest BCUT2D eigenvalue weighted by atomic mass is 10.2. The van der Waals surface area contributed by atoms with Gasteiger partial charge in [0.05, 0.1) is 13.2 Å². The molecule has 0 N–H and O–H groups in total. The van der Waals surface area contributed by atoms with Crippen molar-refractivity contribution in [3.63, 3.8) is 0 Å². The molecule has 0 rings (SSSR count). The smallest absolute Gasteiger partial charge is 0.180 e. The highest BCUT2D eigenvalue weighted by atomic mass is 16.8. The van der Waals surface area contributed by atoms with Gasteiger partial charge in [-0.15, -0.1) is 0 Å². The number of allylic oxidation sites excluding steroid dienone is 2. The number of unbranched alkanes of at least 4 members (excludes halogenated alkanes) is 10. The Hall–Kier alpha value is -1.30. The topological polar surface area (TPSA) is 61.8 Å². The fraction of sp³-hybridized carbons (Fsp3) is 0.769. The van der Waals surface area contributed by atoms with E-state index in [0.29, 0.717) is 26.1 Å². The average Bonchev–Trinajstić information content (AvgIpc) is 2.77. The molecule has 0 heterocycles. The number of carbonyl (C=O) groups excluding carboxylic acids is 2. The zero-order valence-corrected chi connectivity index (χ0v) is 20.0. The Kier molecular flexibility index (Phi) is 23.9. The first kappa shape index (κ1) is 29.7.